The molecule has 1 saturated heterocycles. The number of rotatable bonds is 7. The Kier molecular flexibility index (Phi) is 6.80. The lowest BCUT2D eigenvalue weighted by atomic mass is 9.79. The summed E-state index contributed by atoms with van der Waals surface area (Å²) in [5, 5.41) is 0. The highest BCUT2D eigenvalue weighted by Crippen LogP contribution is 2.44. The first-order valence-electron chi connectivity index (χ1n) is 11.4. The molecule has 1 amide bonds. The molecule has 6 nitrogen and oxygen atoms in total. The zero-order valence-corrected chi connectivity index (χ0v) is 19.2. The topological polar surface area (TPSA) is 59.1 Å². The summed E-state index contributed by atoms with van der Waals surface area (Å²) in [7, 11) is 5.02. The average molecular weight is 437 g/mol. The number of fused-ring (bicyclic) bond motifs is 3. The first kappa shape index (κ1) is 22.3. The number of methoxy groups -OCH3 is 1. The average Bonchev–Trinajstić information content (AvgIpc) is 3.22. The van der Waals surface area contributed by atoms with Gasteiger partial charge in [-0.05, 0) is 80.2 Å². The molecule has 6 heteroatoms. The van der Waals surface area contributed by atoms with Gasteiger partial charge in [0.15, 0.2) is 5.78 Å². The third kappa shape index (κ3) is 4.65. The van der Waals surface area contributed by atoms with Crippen molar-refractivity contribution in [2.24, 2.45) is 0 Å². The maximum absolute atomic E-state index is 12.5. The second-order valence-corrected chi connectivity index (χ2v) is 8.88. The summed E-state index contributed by atoms with van der Waals surface area (Å²) in [6.45, 7) is 1.99. The van der Waals surface area contributed by atoms with Gasteiger partial charge in [-0.3, -0.25) is 9.69 Å². The monoisotopic (exact) mass is 436 g/mol. The Morgan fingerprint density at radius 1 is 1.09 bits per heavy atom. The molecule has 32 heavy (non-hydrogen) atoms. The Bertz CT molecular complexity index is 970. The van der Waals surface area contributed by atoms with Gasteiger partial charge < -0.3 is 14.4 Å². The number of ether oxygens (including phenoxy) is 2. The second-order valence-electron chi connectivity index (χ2n) is 8.88. The van der Waals surface area contributed by atoms with Crippen molar-refractivity contribution in [2.75, 3.05) is 34.3 Å². The standard InChI is InChI=1S/C26H32N2O4/c1-27(2)26(30)32-25-8-4-6-20-21-15-17-28(23(21)14-13-22(20)25)16-5-7-24(29)18-9-11-19(31-3)12-10-18/h4,6,8-12,21,23H,5,7,13-17H2,1-3H3/t21-,23+/m0/s1. The SMILES string of the molecule is COc1ccc(C(=O)CCCN2CC[C@H]3c4cccc(OC(=O)N(C)C)c4CC[C@H]32)cc1. The fraction of sp³-hybridized carbons (Fsp3) is 0.462. The first-order valence-corrected chi connectivity index (χ1v) is 11.4. The summed E-state index contributed by atoms with van der Waals surface area (Å²) in [5.74, 6) is 2.11. The van der Waals surface area contributed by atoms with Gasteiger partial charge in [0.25, 0.3) is 0 Å². The molecule has 2 aromatic rings. The van der Waals surface area contributed by atoms with Crippen LogP contribution in [0, 0.1) is 0 Å². The van der Waals surface area contributed by atoms with E-state index in [-0.39, 0.29) is 11.9 Å². The number of amides is 1. The minimum Gasteiger partial charge on any atom is -0.497 e. The minimum absolute atomic E-state index is 0.185. The number of benzene rings is 2. The van der Waals surface area contributed by atoms with Gasteiger partial charge in [-0.15, -0.1) is 0 Å². The quantitative estimate of drug-likeness (QED) is 0.597. The van der Waals surface area contributed by atoms with E-state index in [0.29, 0.717) is 24.1 Å². The summed E-state index contributed by atoms with van der Waals surface area (Å²) < 4.78 is 10.8. The molecular formula is C26H32N2O4. The largest absolute Gasteiger partial charge is 0.497 e. The molecule has 0 spiro atoms. The number of carbonyl (C=O) groups is 2. The van der Waals surface area contributed by atoms with Crippen LogP contribution in [0.1, 0.15) is 53.1 Å². The van der Waals surface area contributed by atoms with Gasteiger partial charge in [-0.2, -0.15) is 0 Å². The van der Waals surface area contributed by atoms with E-state index in [1.54, 1.807) is 21.2 Å². The van der Waals surface area contributed by atoms with E-state index in [4.69, 9.17) is 9.47 Å². The van der Waals surface area contributed by atoms with Gasteiger partial charge in [0, 0.05) is 38.0 Å². The van der Waals surface area contributed by atoms with E-state index in [1.165, 1.54) is 16.0 Å². The normalized spacial score (nSPS) is 19.7. The lowest BCUT2D eigenvalue weighted by molar-refractivity contribution is 0.0972. The Hall–Kier alpha value is -2.86. The molecule has 0 bridgehead atoms. The van der Waals surface area contributed by atoms with Gasteiger partial charge in [0.05, 0.1) is 7.11 Å². The molecule has 2 atom stereocenters. The van der Waals surface area contributed by atoms with Crippen LogP contribution in [0.15, 0.2) is 42.5 Å². The van der Waals surface area contributed by atoms with Crippen molar-refractivity contribution < 1.29 is 19.1 Å². The molecule has 2 aliphatic rings. The number of carbonyl (C=O) groups excluding carboxylic acids is 2. The Morgan fingerprint density at radius 3 is 2.59 bits per heavy atom. The first-order chi connectivity index (χ1) is 15.5. The van der Waals surface area contributed by atoms with E-state index in [1.807, 2.05) is 36.4 Å². The van der Waals surface area contributed by atoms with E-state index < -0.39 is 0 Å². The number of hydrogen-bond donors (Lipinski definition) is 0. The number of likely N-dealkylation sites (tertiary alicyclic amines) is 1. The predicted octanol–water partition coefficient (Wildman–Crippen LogP) is 4.52. The summed E-state index contributed by atoms with van der Waals surface area (Å²) in [6.07, 6.45) is 4.16. The smallest absolute Gasteiger partial charge is 0.414 e. The van der Waals surface area contributed by atoms with Crippen molar-refractivity contribution >= 4 is 11.9 Å². The third-order valence-corrected chi connectivity index (χ3v) is 6.74. The second kappa shape index (κ2) is 9.74. The third-order valence-electron chi connectivity index (χ3n) is 6.74. The minimum atomic E-state index is -0.338. The van der Waals surface area contributed by atoms with Crippen LogP contribution < -0.4 is 9.47 Å². The molecule has 1 fully saturated rings. The molecule has 0 unspecified atom stereocenters. The summed E-state index contributed by atoms with van der Waals surface area (Å²) in [6, 6.07) is 13.9. The van der Waals surface area contributed by atoms with Crippen molar-refractivity contribution in [3.8, 4) is 11.5 Å². The van der Waals surface area contributed by atoms with E-state index in [9.17, 15) is 9.59 Å². The molecule has 0 aromatic heterocycles. The lowest BCUT2D eigenvalue weighted by Crippen LogP contribution is -2.36. The molecule has 1 aliphatic carbocycles. The summed E-state index contributed by atoms with van der Waals surface area (Å²) in [4.78, 5) is 28.6. The highest BCUT2D eigenvalue weighted by Gasteiger charge is 2.39. The predicted molar refractivity (Wildman–Crippen MR) is 124 cm³/mol. The number of Topliss-reactive ketones (excluding diaryl/α,β-unsaturated/α-hetero) is 1. The van der Waals surface area contributed by atoms with Gasteiger partial charge in [-0.1, -0.05) is 12.1 Å². The van der Waals surface area contributed by atoms with Crippen molar-refractivity contribution in [2.45, 2.75) is 44.1 Å². The number of ketones is 1. The van der Waals surface area contributed by atoms with Gasteiger partial charge in [0.1, 0.15) is 11.5 Å². The van der Waals surface area contributed by atoms with Crippen molar-refractivity contribution in [1.29, 1.82) is 0 Å². The zero-order valence-electron chi connectivity index (χ0n) is 19.2. The van der Waals surface area contributed by atoms with Gasteiger partial charge in [-0.25, -0.2) is 4.79 Å². The molecule has 1 aliphatic heterocycles. The van der Waals surface area contributed by atoms with Crippen LogP contribution >= 0.6 is 0 Å². The highest BCUT2D eigenvalue weighted by molar-refractivity contribution is 5.96. The molecule has 1 heterocycles. The molecule has 0 N–H and O–H groups in total. The van der Waals surface area contributed by atoms with Gasteiger partial charge >= 0.3 is 6.09 Å². The summed E-state index contributed by atoms with van der Waals surface area (Å²) >= 11 is 0. The van der Waals surface area contributed by atoms with Crippen LogP contribution in [0.25, 0.3) is 0 Å². The highest BCUT2D eigenvalue weighted by atomic mass is 16.6. The van der Waals surface area contributed by atoms with Crippen LogP contribution in [0.5, 0.6) is 11.5 Å². The van der Waals surface area contributed by atoms with E-state index in [0.717, 1.165) is 50.1 Å². The van der Waals surface area contributed by atoms with Crippen molar-refractivity contribution in [3.05, 3.63) is 59.2 Å². The van der Waals surface area contributed by atoms with E-state index >= 15 is 0 Å². The molecule has 2 aromatic carbocycles. The molecule has 170 valence electrons. The van der Waals surface area contributed by atoms with Crippen LogP contribution in [0.4, 0.5) is 4.79 Å². The molecule has 0 radical (unpaired) electrons. The Balaban J connectivity index is 1.35. The molecule has 4 rings (SSSR count). The number of nitrogens with zero attached hydrogens (tertiary/aromatic N) is 2. The fourth-order valence-electron chi connectivity index (χ4n) is 5.08. The van der Waals surface area contributed by atoms with Crippen LogP contribution in [0.2, 0.25) is 0 Å². The number of hydrogen-bond acceptors (Lipinski definition) is 5. The van der Waals surface area contributed by atoms with Crippen LogP contribution in [0.3, 0.4) is 0 Å². The van der Waals surface area contributed by atoms with Crippen molar-refractivity contribution in [1.82, 2.24) is 9.80 Å². The Morgan fingerprint density at radius 2 is 1.88 bits per heavy atom. The lowest BCUT2D eigenvalue weighted by Gasteiger charge is -2.34. The van der Waals surface area contributed by atoms with Crippen LogP contribution in [-0.4, -0.2) is 62.0 Å². The zero-order chi connectivity index (χ0) is 22.7. The molecular weight excluding hydrogens is 404 g/mol. The van der Waals surface area contributed by atoms with E-state index in [2.05, 4.69) is 11.0 Å². The fourth-order valence-corrected chi connectivity index (χ4v) is 5.08. The van der Waals surface area contributed by atoms with Crippen molar-refractivity contribution in [3.63, 3.8) is 0 Å². The maximum Gasteiger partial charge on any atom is 0.414 e. The van der Waals surface area contributed by atoms with Gasteiger partial charge in [0.2, 0.25) is 0 Å². The maximum atomic E-state index is 12.5. The molecule has 0 saturated carbocycles. The summed E-state index contributed by atoms with van der Waals surface area (Å²) in [5.41, 5.74) is 3.25. The van der Waals surface area contributed by atoms with Crippen LogP contribution in [-0.2, 0) is 6.42 Å². The Labute approximate surface area is 190 Å².